The van der Waals surface area contributed by atoms with Gasteiger partial charge in [0.05, 0.1) is 10.0 Å². The Morgan fingerprint density at radius 1 is 1.13 bits per heavy atom. The Bertz CT molecular complexity index is 1150. The third kappa shape index (κ3) is 3.58. The van der Waals surface area contributed by atoms with E-state index in [0.29, 0.717) is 22.2 Å². The number of allylic oxidation sites excluding steroid dienone is 1. The minimum absolute atomic E-state index is 0.0507. The van der Waals surface area contributed by atoms with Crippen molar-refractivity contribution in [2.24, 2.45) is 0 Å². The number of nitrogen functional groups attached to an aromatic ring is 1. The SMILES string of the molecule is Nc1sc2ccc(C(=O)c3ccccc3Cl)cc2c1C1=CCN2CCCCC2CC1. The highest BCUT2D eigenvalue weighted by Crippen LogP contribution is 2.42. The van der Waals surface area contributed by atoms with Crippen molar-refractivity contribution in [2.75, 3.05) is 18.8 Å². The zero-order valence-electron chi connectivity index (χ0n) is 16.9. The zero-order valence-corrected chi connectivity index (χ0v) is 18.4. The van der Waals surface area contributed by atoms with Crippen molar-refractivity contribution in [3.63, 3.8) is 0 Å². The Kier molecular flexibility index (Phi) is 5.40. The van der Waals surface area contributed by atoms with E-state index in [1.807, 2.05) is 30.3 Å². The molecule has 1 unspecified atom stereocenters. The van der Waals surface area contributed by atoms with E-state index in [1.54, 1.807) is 23.5 Å². The van der Waals surface area contributed by atoms with Gasteiger partial charge in [-0.25, -0.2) is 0 Å². The van der Waals surface area contributed by atoms with Crippen LogP contribution in [-0.4, -0.2) is 29.8 Å². The molecule has 0 bridgehead atoms. The first-order chi connectivity index (χ1) is 14.6. The molecule has 1 atom stereocenters. The summed E-state index contributed by atoms with van der Waals surface area (Å²) in [7, 11) is 0. The molecule has 0 radical (unpaired) electrons. The predicted octanol–water partition coefficient (Wildman–Crippen LogP) is 6.40. The van der Waals surface area contributed by atoms with Crippen LogP contribution in [0.25, 0.3) is 15.7 Å². The molecular formula is C25H25ClN2OS. The van der Waals surface area contributed by atoms with Crippen molar-refractivity contribution in [1.82, 2.24) is 4.90 Å². The van der Waals surface area contributed by atoms with Crippen molar-refractivity contribution >= 4 is 49.4 Å². The molecule has 0 aliphatic carbocycles. The van der Waals surface area contributed by atoms with Gasteiger partial charge in [-0.05, 0) is 68.1 Å². The average molecular weight is 437 g/mol. The van der Waals surface area contributed by atoms with Crippen LogP contribution in [0.4, 0.5) is 5.00 Å². The molecule has 3 nitrogen and oxygen atoms in total. The van der Waals surface area contributed by atoms with Gasteiger partial charge in [0.15, 0.2) is 5.78 Å². The molecule has 2 N–H and O–H groups in total. The number of anilines is 1. The predicted molar refractivity (Wildman–Crippen MR) is 128 cm³/mol. The maximum Gasteiger partial charge on any atom is 0.194 e. The number of rotatable bonds is 3. The standard InChI is InChI=1S/C25H25ClN2OS/c26-21-7-2-1-6-19(21)24(29)17-9-11-22-20(15-17)23(25(27)30-22)16-8-10-18-5-3-4-13-28(18)14-12-16/h1-2,6-7,9,11-12,15,18H,3-5,8,10,13-14,27H2. The molecule has 154 valence electrons. The van der Waals surface area contributed by atoms with Crippen LogP contribution in [0.3, 0.4) is 0 Å². The van der Waals surface area contributed by atoms with E-state index in [2.05, 4.69) is 11.0 Å². The number of hydrogen-bond donors (Lipinski definition) is 1. The number of carbonyl (C=O) groups is 1. The Morgan fingerprint density at radius 2 is 2.00 bits per heavy atom. The first-order valence-corrected chi connectivity index (χ1v) is 11.9. The number of nitrogens with two attached hydrogens (primary N) is 1. The smallest absolute Gasteiger partial charge is 0.194 e. The second-order valence-electron chi connectivity index (χ2n) is 8.27. The summed E-state index contributed by atoms with van der Waals surface area (Å²) in [5.41, 5.74) is 10.1. The summed E-state index contributed by atoms with van der Waals surface area (Å²) in [5.74, 6) is -0.0507. The third-order valence-corrected chi connectivity index (χ3v) is 7.81. The lowest BCUT2D eigenvalue weighted by Crippen LogP contribution is -2.38. The highest BCUT2D eigenvalue weighted by Gasteiger charge is 2.26. The lowest BCUT2D eigenvalue weighted by Gasteiger charge is -2.33. The van der Waals surface area contributed by atoms with Crippen LogP contribution < -0.4 is 5.73 Å². The van der Waals surface area contributed by atoms with E-state index < -0.39 is 0 Å². The van der Waals surface area contributed by atoms with Gasteiger partial charge in [-0.3, -0.25) is 9.69 Å². The lowest BCUT2D eigenvalue weighted by atomic mass is 9.94. The summed E-state index contributed by atoms with van der Waals surface area (Å²) in [6, 6.07) is 13.8. The van der Waals surface area contributed by atoms with Crippen LogP contribution in [0.2, 0.25) is 5.02 Å². The topological polar surface area (TPSA) is 46.3 Å². The summed E-state index contributed by atoms with van der Waals surface area (Å²) in [4.78, 5) is 15.7. The van der Waals surface area contributed by atoms with Gasteiger partial charge in [0.1, 0.15) is 0 Å². The normalized spacial score (nSPS) is 19.9. The Hall–Kier alpha value is -2.14. The molecule has 1 aromatic heterocycles. The molecule has 3 aromatic rings. The van der Waals surface area contributed by atoms with Gasteiger partial charge < -0.3 is 5.73 Å². The van der Waals surface area contributed by atoms with Crippen molar-refractivity contribution in [1.29, 1.82) is 0 Å². The molecule has 1 saturated heterocycles. The Labute approximate surface area is 186 Å². The van der Waals surface area contributed by atoms with Crippen LogP contribution in [0.5, 0.6) is 0 Å². The van der Waals surface area contributed by atoms with Crippen LogP contribution in [0.1, 0.15) is 53.6 Å². The molecule has 5 rings (SSSR count). The van der Waals surface area contributed by atoms with E-state index in [1.165, 1.54) is 37.8 Å². The molecule has 5 heteroatoms. The zero-order chi connectivity index (χ0) is 20.7. The van der Waals surface area contributed by atoms with E-state index in [9.17, 15) is 4.79 Å². The van der Waals surface area contributed by atoms with Gasteiger partial charge in [-0.1, -0.05) is 36.2 Å². The summed E-state index contributed by atoms with van der Waals surface area (Å²) >= 11 is 7.88. The maximum atomic E-state index is 13.1. The molecule has 3 heterocycles. The van der Waals surface area contributed by atoms with Gasteiger partial charge in [0.25, 0.3) is 0 Å². The van der Waals surface area contributed by atoms with Gasteiger partial charge in [0.2, 0.25) is 0 Å². The number of fused-ring (bicyclic) bond motifs is 2. The second-order valence-corrected chi connectivity index (χ2v) is 9.76. The quantitative estimate of drug-likeness (QED) is 0.483. The first-order valence-electron chi connectivity index (χ1n) is 10.7. The number of hydrogen-bond acceptors (Lipinski definition) is 4. The monoisotopic (exact) mass is 436 g/mol. The number of thiophene rings is 1. The van der Waals surface area contributed by atoms with Gasteiger partial charge in [0, 0.05) is 39.4 Å². The molecule has 2 aliphatic rings. The maximum absolute atomic E-state index is 13.1. The fraction of sp³-hybridized carbons (Fsp3) is 0.320. The molecule has 0 spiro atoms. The van der Waals surface area contributed by atoms with Gasteiger partial charge >= 0.3 is 0 Å². The van der Waals surface area contributed by atoms with Crippen LogP contribution in [-0.2, 0) is 0 Å². The van der Waals surface area contributed by atoms with E-state index in [4.69, 9.17) is 17.3 Å². The summed E-state index contributed by atoms with van der Waals surface area (Å²) in [6.07, 6.45) is 8.54. The number of carbonyl (C=O) groups excluding carboxylic acids is 1. The van der Waals surface area contributed by atoms with Crippen molar-refractivity contribution in [3.05, 3.63) is 70.3 Å². The summed E-state index contributed by atoms with van der Waals surface area (Å²) in [6.45, 7) is 2.19. The largest absolute Gasteiger partial charge is 0.390 e. The fourth-order valence-corrected chi connectivity index (χ4v) is 6.10. The molecule has 0 saturated carbocycles. The second kappa shape index (κ2) is 8.18. The number of halogens is 1. The van der Waals surface area contributed by atoms with E-state index >= 15 is 0 Å². The van der Waals surface area contributed by atoms with Crippen LogP contribution in [0.15, 0.2) is 48.5 Å². The van der Waals surface area contributed by atoms with Crippen molar-refractivity contribution < 1.29 is 4.79 Å². The minimum atomic E-state index is -0.0507. The number of ketones is 1. The molecule has 30 heavy (non-hydrogen) atoms. The fourth-order valence-electron chi connectivity index (χ4n) is 4.90. The third-order valence-electron chi connectivity index (χ3n) is 6.49. The van der Waals surface area contributed by atoms with Crippen molar-refractivity contribution in [2.45, 2.75) is 38.1 Å². The Balaban J connectivity index is 1.54. The highest BCUT2D eigenvalue weighted by molar-refractivity contribution is 7.23. The first kappa shape index (κ1) is 19.8. The molecular weight excluding hydrogens is 412 g/mol. The van der Waals surface area contributed by atoms with Gasteiger partial charge in [-0.2, -0.15) is 0 Å². The lowest BCUT2D eigenvalue weighted by molar-refractivity contribution is 0.103. The summed E-state index contributed by atoms with van der Waals surface area (Å²) < 4.78 is 1.13. The average Bonchev–Trinajstić information content (AvgIpc) is 2.94. The summed E-state index contributed by atoms with van der Waals surface area (Å²) in [5, 5.41) is 2.41. The van der Waals surface area contributed by atoms with E-state index in [0.717, 1.165) is 33.6 Å². The van der Waals surface area contributed by atoms with Crippen LogP contribution in [0, 0.1) is 0 Å². The molecule has 2 aromatic carbocycles. The van der Waals surface area contributed by atoms with Crippen molar-refractivity contribution in [3.8, 4) is 0 Å². The molecule has 0 amide bonds. The number of piperidine rings is 1. The van der Waals surface area contributed by atoms with E-state index in [-0.39, 0.29) is 5.78 Å². The number of benzene rings is 2. The minimum Gasteiger partial charge on any atom is -0.390 e. The van der Waals surface area contributed by atoms with Crippen LogP contribution >= 0.6 is 22.9 Å². The number of nitrogens with zero attached hydrogens (tertiary/aromatic N) is 1. The van der Waals surface area contributed by atoms with Gasteiger partial charge in [-0.15, -0.1) is 11.3 Å². The highest BCUT2D eigenvalue weighted by atomic mass is 35.5. The molecule has 2 aliphatic heterocycles. The molecule has 1 fully saturated rings. The Morgan fingerprint density at radius 3 is 2.87 bits per heavy atom.